The summed E-state index contributed by atoms with van der Waals surface area (Å²) < 4.78 is 1.89. The molecule has 1 fully saturated rings. The zero-order valence-electron chi connectivity index (χ0n) is 11.5. The first-order valence-electron chi connectivity index (χ1n) is 6.74. The van der Waals surface area contributed by atoms with Crippen molar-refractivity contribution >= 4 is 0 Å². The second kappa shape index (κ2) is 4.81. The standard InChI is InChI=1S/C14H25N3/c1-5-6-15-13(12-8-14(12,2)3)7-11-9-16-17(4)10-11/h9-10,12-13,15H,5-8H2,1-4H3. The van der Waals surface area contributed by atoms with E-state index in [4.69, 9.17) is 0 Å². The van der Waals surface area contributed by atoms with E-state index in [1.54, 1.807) is 0 Å². The van der Waals surface area contributed by atoms with Crippen LogP contribution in [-0.2, 0) is 13.5 Å². The van der Waals surface area contributed by atoms with Crippen molar-refractivity contribution in [2.45, 2.75) is 46.1 Å². The van der Waals surface area contributed by atoms with Gasteiger partial charge in [-0.15, -0.1) is 0 Å². The lowest BCUT2D eigenvalue weighted by Crippen LogP contribution is -2.35. The van der Waals surface area contributed by atoms with Gasteiger partial charge in [-0.3, -0.25) is 4.68 Å². The van der Waals surface area contributed by atoms with E-state index in [2.05, 4.69) is 37.4 Å². The summed E-state index contributed by atoms with van der Waals surface area (Å²) in [7, 11) is 1.99. The van der Waals surface area contributed by atoms with Crippen molar-refractivity contribution in [3.8, 4) is 0 Å². The summed E-state index contributed by atoms with van der Waals surface area (Å²) in [6.07, 6.45) is 7.80. The lowest BCUT2D eigenvalue weighted by molar-refractivity contribution is 0.402. The highest BCUT2D eigenvalue weighted by Gasteiger charge is 2.49. The smallest absolute Gasteiger partial charge is 0.0522 e. The van der Waals surface area contributed by atoms with Crippen LogP contribution in [0.25, 0.3) is 0 Å². The van der Waals surface area contributed by atoms with Crippen molar-refractivity contribution in [3.05, 3.63) is 18.0 Å². The molecule has 0 aliphatic heterocycles. The molecule has 1 aromatic rings. The van der Waals surface area contributed by atoms with E-state index in [-0.39, 0.29) is 0 Å². The quantitative estimate of drug-likeness (QED) is 0.820. The van der Waals surface area contributed by atoms with Crippen LogP contribution in [0.1, 0.15) is 39.2 Å². The molecule has 2 rings (SSSR count). The van der Waals surface area contributed by atoms with Gasteiger partial charge >= 0.3 is 0 Å². The molecule has 2 unspecified atom stereocenters. The molecule has 0 saturated heterocycles. The molecule has 0 amide bonds. The third kappa shape index (κ3) is 3.09. The van der Waals surface area contributed by atoms with Crippen LogP contribution in [0.2, 0.25) is 0 Å². The van der Waals surface area contributed by atoms with Crippen LogP contribution >= 0.6 is 0 Å². The highest BCUT2D eigenvalue weighted by Crippen LogP contribution is 2.54. The Hall–Kier alpha value is -0.830. The first-order valence-corrected chi connectivity index (χ1v) is 6.74. The summed E-state index contributed by atoms with van der Waals surface area (Å²) in [5, 5.41) is 7.96. The maximum absolute atomic E-state index is 4.25. The van der Waals surface area contributed by atoms with Gasteiger partial charge in [0.2, 0.25) is 0 Å². The Morgan fingerprint density at radius 1 is 1.59 bits per heavy atom. The van der Waals surface area contributed by atoms with E-state index in [1.807, 2.05) is 17.9 Å². The largest absolute Gasteiger partial charge is 0.313 e. The first kappa shape index (κ1) is 12.6. The second-order valence-corrected chi connectivity index (χ2v) is 6.09. The number of hydrogen-bond acceptors (Lipinski definition) is 2. The van der Waals surface area contributed by atoms with Gasteiger partial charge in [0.15, 0.2) is 0 Å². The molecule has 3 heteroatoms. The Morgan fingerprint density at radius 2 is 2.29 bits per heavy atom. The van der Waals surface area contributed by atoms with Crippen molar-refractivity contribution in [1.82, 2.24) is 15.1 Å². The molecule has 0 radical (unpaired) electrons. The van der Waals surface area contributed by atoms with Crippen LogP contribution in [0, 0.1) is 11.3 Å². The molecule has 96 valence electrons. The van der Waals surface area contributed by atoms with Gasteiger partial charge in [-0.1, -0.05) is 20.8 Å². The minimum atomic E-state index is 0.535. The molecule has 1 aliphatic rings. The SMILES string of the molecule is CCCNC(Cc1cnn(C)c1)C1CC1(C)C. The first-order chi connectivity index (χ1) is 8.03. The van der Waals surface area contributed by atoms with Crippen molar-refractivity contribution < 1.29 is 0 Å². The Labute approximate surface area is 105 Å². The van der Waals surface area contributed by atoms with E-state index in [0.717, 1.165) is 18.9 Å². The van der Waals surface area contributed by atoms with Crippen LogP contribution in [0.5, 0.6) is 0 Å². The fourth-order valence-corrected chi connectivity index (χ4v) is 2.71. The molecular formula is C14H25N3. The molecular weight excluding hydrogens is 210 g/mol. The van der Waals surface area contributed by atoms with Gasteiger partial charge in [0.1, 0.15) is 0 Å². The fourth-order valence-electron chi connectivity index (χ4n) is 2.71. The van der Waals surface area contributed by atoms with Crippen LogP contribution in [0.15, 0.2) is 12.4 Å². The average Bonchev–Trinajstić information content (AvgIpc) is 2.69. The van der Waals surface area contributed by atoms with Gasteiger partial charge in [0.25, 0.3) is 0 Å². The van der Waals surface area contributed by atoms with E-state index in [0.29, 0.717) is 11.5 Å². The van der Waals surface area contributed by atoms with E-state index >= 15 is 0 Å². The summed E-state index contributed by atoms with van der Waals surface area (Å²) in [6, 6.07) is 0.620. The monoisotopic (exact) mass is 235 g/mol. The predicted molar refractivity (Wildman–Crippen MR) is 70.9 cm³/mol. The van der Waals surface area contributed by atoms with Gasteiger partial charge in [0.05, 0.1) is 6.20 Å². The molecule has 0 aromatic carbocycles. The van der Waals surface area contributed by atoms with Crippen molar-refractivity contribution in [2.75, 3.05) is 6.54 Å². The molecule has 1 aliphatic carbocycles. The summed E-state index contributed by atoms with van der Waals surface area (Å²) in [4.78, 5) is 0. The number of rotatable bonds is 6. The zero-order valence-corrected chi connectivity index (χ0v) is 11.5. The van der Waals surface area contributed by atoms with Crippen LogP contribution in [0.3, 0.4) is 0 Å². The summed E-state index contributed by atoms with van der Waals surface area (Å²) >= 11 is 0. The van der Waals surface area contributed by atoms with Crippen LogP contribution < -0.4 is 5.32 Å². The number of aromatic nitrogens is 2. The highest BCUT2D eigenvalue weighted by molar-refractivity contribution is 5.11. The topological polar surface area (TPSA) is 29.9 Å². The Bertz CT molecular complexity index is 367. The molecule has 2 atom stereocenters. The van der Waals surface area contributed by atoms with E-state index in [9.17, 15) is 0 Å². The lowest BCUT2D eigenvalue weighted by Gasteiger charge is -2.19. The third-order valence-corrected chi connectivity index (χ3v) is 3.95. The van der Waals surface area contributed by atoms with E-state index in [1.165, 1.54) is 18.4 Å². The number of aryl methyl sites for hydroxylation is 1. The molecule has 1 aromatic heterocycles. The molecule has 0 spiro atoms. The van der Waals surface area contributed by atoms with Crippen LogP contribution in [-0.4, -0.2) is 22.4 Å². The molecule has 17 heavy (non-hydrogen) atoms. The van der Waals surface area contributed by atoms with Gasteiger partial charge in [-0.05, 0) is 42.7 Å². The molecule has 1 saturated carbocycles. The molecule has 3 nitrogen and oxygen atoms in total. The zero-order chi connectivity index (χ0) is 12.5. The Balaban J connectivity index is 1.96. The van der Waals surface area contributed by atoms with E-state index < -0.39 is 0 Å². The third-order valence-electron chi connectivity index (χ3n) is 3.95. The normalized spacial score (nSPS) is 23.6. The maximum atomic E-state index is 4.25. The Kier molecular flexibility index (Phi) is 3.57. The van der Waals surface area contributed by atoms with Gasteiger partial charge in [-0.25, -0.2) is 0 Å². The van der Waals surface area contributed by atoms with Crippen molar-refractivity contribution in [3.63, 3.8) is 0 Å². The van der Waals surface area contributed by atoms with Gasteiger partial charge < -0.3 is 5.32 Å². The number of nitrogens with one attached hydrogen (secondary N) is 1. The molecule has 1 heterocycles. The fraction of sp³-hybridized carbons (Fsp3) is 0.786. The minimum absolute atomic E-state index is 0.535. The average molecular weight is 235 g/mol. The number of nitrogens with zero attached hydrogens (tertiary/aromatic N) is 2. The predicted octanol–water partition coefficient (Wildman–Crippen LogP) is 2.38. The molecule has 0 bridgehead atoms. The minimum Gasteiger partial charge on any atom is -0.313 e. The van der Waals surface area contributed by atoms with Crippen LogP contribution in [0.4, 0.5) is 0 Å². The van der Waals surface area contributed by atoms with Gasteiger partial charge in [0, 0.05) is 19.3 Å². The summed E-state index contributed by atoms with van der Waals surface area (Å²) in [5.74, 6) is 0.828. The van der Waals surface area contributed by atoms with Gasteiger partial charge in [-0.2, -0.15) is 5.10 Å². The maximum Gasteiger partial charge on any atom is 0.0522 e. The summed E-state index contributed by atoms with van der Waals surface area (Å²) in [6.45, 7) is 8.10. The number of hydrogen-bond donors (Lipinski definition) is 1. The summed E-state index contributed by atoms with van der Waals surface area (Å²) in [5.41, 5.74) is 1.89. The second-order valence-electron chi connectivity index (χ2n) is 6.09. The highest BCUT2D eigenvalue weighted by atomic mass is 15.2. The van der Waals surface area contributed by atoms with Crippen molar-refractivity contribution in [2.24, 2.45) is 18.4 Å². The molecule has 1 N–H and O–H groups in total. The Morgan fingerprint density at radius 3 is 2.76 bits per heavy atom. The van der Waals surface area contributed by atoms with Crippen molar-refractivity contribution in [1.29, 1.82) is 0 Å². The lowest BCUT2D eigenvalue weighted by atomic mass is 9.98.